The van der Waals surface area contributed by atoms with Gasteiger partial charge in [-0.3, -0.25) is 4.90 Å². The van der Waals surface area contributed by atoms with Crippen molar-refractivity contribution < 1.29 is 34.9 Å². The molecule has 2 saturated heterocycles. The zero-order valence-corrected chi connectivity index (χ0v) is 25.7. The van der Waals surface area contributed by atoms with Crippen LogP contribution >= 0.6 is 0 Å². The van der Waals surface area contributed by atoms with Crippen LogP contribution in [-0.2, 0) is 9.53 Å². The van der Waals surface area contributed by atoms with Gasteiger partial charge in [-0.1, -0.05) is 24.6 Å². The van der Waals surface area contributed by atoms with Crippen molar-refractivity contribution in [2.75, 3.05) is 39.8 Å². The van der Waals surface area contributed by atoms with Crippen molar-refractivity contribution >= 4 is 11.9 Å². The minimum absolute atomic E-state index is 0.0445. The topological polar surface area (TPSA) is 165 Å². The molecule has 5 aliphatic carbocycles. The van der Waals surface area contributed by atoms with Gasteiger partial charge in [0.05, 0.1) is 44.0 Å². The van der Waals surface area contributed by atoms with Gasteiger partial charge in [-0.25, -0.2) is 4.99 Å². The number of piperidine rings is 1. The van der Waals surface area contributed by atoms with Gasteiger partial charge in [-0.2, -0.15) is 0 Å². The Labute approximate surface area is 254 Å². The van der Waals surface area contributed by atoms with Gasteiger partial charge in [0.25, 0.3) is 5.96 Å². The number of nitrogens with one attached hydrogen (secondary N) is 2. The van der Waals surface area contributed by atoms with Crippen LogP contribution in [0, 0.1) is 39.9 Å². The molecule has 5 fully saturated rings. The number of carbonyl (C=O) groups is 1. The second-order valence-electron chi connectivity index (χ2n) is 14.9. The summed E-state index contributed by atoms with van der Waals surface area (Å²) in [5, 5.41) is 50.1. The quantitative estimate of drug-likeness (QED) is 0.0971. The minimum atomic E-state index is -1.73. The van der Waals surface area contributed by atoms with Gasteiger partial charge in [0.15, 0.2) is 0 Å². The first kappa shape index (κ1) is 29.9. The van der Waals surface area contributed by atoms with E-state index in [1.54, 1.807) is 7.05 Å². The fourth-order valence-electron chi connectivity index (χ4n) is 12.3. The molecular formula is C33H50N4O6. The van der Waals surface area contributed by atoms with Crippen molar-refractivity contribution in [1.82, 2.24) is 5.32 Å². The highest BCUT2D eigenvalue weighted by molar-refractivity contribution is 5.91. The van der Waals surface area contributed by atoms with Crippen LogP contribution in [0.1, 0.15) is 64.7 Å². The number of aliphatic hydroxyl groups excluding tert-OH is 2. The Morgan fingerprint density at radius 3 is 2.79 bits per heavy atom. The Balaban J connectivity index is 1.42. The smallest absolute Gasteiger partial charge is 0.293 e. The van der Waals surface area contributed by atoms with Gasteiger partial charge in [0.2, 0.25) is 0 Å². The van der Waals surface area contributed by atoms with E-state index < -0.39 is 35.1 Å². The maximum atomic E-state index is 13.4. The first-order valence-electron chi connectivity index (χ1n) is 16.7. The van der Waals surface area contributed by atoms with E-state index in [1.165, 1.54) is 0 Å². The predicted molar refractivity (Wildman–Crippen MR) is 157 cm³/mol. The number of aliphatic hydroxyl groups is 3. The maximum absolute atomic E-state index is 13.4. The summed E-state index contributed by atoms with van der Waals surface area (Å²) in [5.41, 5.74) is 4.50. The molecule has 238 valence electrons. The van der Waals surface area contributed by atoms with Crippen LogP contribution in [-0.4, -0.2) is 91.0 Å². The molecule has 12 atom stereocenters. The molecule has 0 aromatic carbocycles. The predicted octanol–water partition coefficient (Wildman–Crippen LogP) is -1.10. The largest absolute Gasteiger partial charge is 0.545 e. The Morgan fingerprint density at radius 1 is 1.26 bits per heavy atom. The number of nitrogens with zero attached hydrogens (tertiary/aromatic N) is 1. The second kappa shape index (κ2) is 10.4. The van der Waals surface area contributed by atoms with Crippen molar-refractivity contribution in [2.24, 2.45) is 50.6 Å². The molecular weight excluding hydrogens is 548 g/mol. The van der Waals surface area contributed by atoms with Crippen LogP contribution < -0.4 is 21.1 Å². The third-order valence-electron chi connectivity index (χ3n) is 13.7. The summed E-state index contributed by atoms with van der Waals surface area (Å²) in [7, 11) is 1.73. The first-order chi connectivity index (χ1) is 20.6. The monoisotopic (exact) mass is 598 g/mol. The average molecular weight is 599 g/mol. The summed E-state index contributed by atoms with van der Waals surface area (Å²) in [6, 6.07) is 0. The number of carbonyl (C=O) groups excluding carboxylic acids is 1. The van der Waals surface area contributed by atoms with Crippen molar-refractivity contribution in [3.05, 3.63) is 23.3 Å². The van der Waals surface area contributed by atoms with Crippen molar-refractivity contribution in [3.63, 3.8) is 0 Å². The van der Waals surface area contributed by atoms with Gasteiger partial charge in [-0.05, 0) is 69.1 Å². The van der Waals surface area contributed by atoms with Crippen molar-refractivity contribution in [1.29, 1.82) is 0 Å². The molecule has 7 rings (SSSR count). The minimum Gasteiger partial charge on any atom is -0.545 e. The highest BCUT2D eigenvalue weighted by Gasteiger charge is 2.83. The number of likely N-dealkylation sites (tertiary alicyclic amines) is 1. The SMILES string of the molecule is CN=C(N)[NH+]1CC[C@@]2(CNCCO)C=C[C@@H]3[C@@](O)([C@@H]4CC[C@H]5CC[C@@H](O)C[C@H]5O4)C(C(=O)[O-])=C4C[C@H]5CC[C@@H](C)[C@]43[C@]52C1. The molecule has 10 heteroatoms. The van der Waals surface area contributed by atoms with E-state index in [2.05, 4.69) is 29.4 Å². The molecule has 0 aromatic heterocycles. The standard InChI is InChI=1S/C33H50N4O6/c1-19-3-6-21-15-23-27(28(40)41)33(42,26-8-5-20-4-7-22(39)16-24(20)43-26)25-9-10-30(17-36-12-14-38)11-13-37(29(34)35-2)18-31(21,30)32(19,23)25/h9-10,19-22,24-26,36,38-39,42H,3-8,11-18H2,1-2H3,(H2,34,35)(H,40,41)/t19-,20-,21-,22-,24-,25+,26+,30-,31-,32+,33-/m1/s1. The summed E-state index contributed by atoms with van der Waals surface area (Å²) in [6.07, 6.45) is 10.2. The molecule has 3 saturated carbocycles. The highest BCUT2D eigenvalue weighted by atomic mass is 16.5. The number of hydrogen-bond donors (Lipinski definition) is 6. The summed E-state index contributed by atoms with van der Waals surface area (Å²) in [6.45, 7) is 5.00. The van der Waals surface area contributed by atoms with Crippen molar-refractivity contribution in [3.8, 4) is 0 Å². The van der Waals surface area contributed by atoms with Crippen molar-refractivity contribution in [2.45, 2.75) is 88.6 Å². The highest BCUT2D eigenvalue weighted by Crippen LogP contribution is 2.82. The third kappa shape index (κ3) is 3.68. The fourth-order valence-corrected chi connectivity index (χ4v) is 12.3. The van der Waals surface area contributed by atoms with Crippen LogP contribution in [0.5, 0.6) is 0 Å². The molecule has 7 aliphatic rings. The van der Waals surface area contributed by atoms with Gasteiger partial charge in [0.1, 0.15) is 5.60 Å². The van der Waals surface area contributed by atoms with E-state index in [9.17, 15) is 25.2 Å². The number of quaternary nitrogens is 1. The molecule has 0 radical (unpaired) electrons. The average Bonchev–Trinajstić information content (AvgIpc) is 3.34. The first-order valence-corrected chi connectivity index (χ1v) is 16.7. The number of hydrogen-bond acceptors (Lipinski definition) is 8. The van der Waals surface area contributed by atoms with E-state index in [4.69, 9.17) is 10.5 Å². The Kier molecular flexibility index (Phi) is 7.19. The van der Waals surface area contributed by atoms with Crippen LogP contribution in [0.3, 0.4) is 0 Å². The number of carboxylic acid groups (broad SMARTS) is 1. The Morgan fingerprint density at radius 2 is 2.05 bits per heavy atom. The Hall–Kier alpha value is -1.82. The summed E-state index contributed by atoms with van der Waals surface area (Å²) in [5.74, 6) is -0.497. The van der Waals surface area contributed by atoms with E-state index in [1.807, 2.05) is 0 Å². The molecule has 1 unspecified atom stereocenters. The number of allylic oxidation sites excluding steroid dienone is 1. The normalized spacial score (nSPS) is 50.3. The number of aliphatic carboxylic acids is 1. The molecule has 43 heavy (non-hydrogen) atoms. The number of rotatable bonds is 6. The lowest BCUT2D eigenvalue weighted by molar-refractivity contribution is -0.831. The molecule has 2 spiro atoms. The second-order valence-corrected chi connectivity index (χ2v) is 14.9. The van der Waals surface area contributed by atoms with E-state index in [0.717, 1.165) is 62.1 Å². The Bertz CT molecular complexity index is 1250. The fraction of sp³-hybridized carbons (Fsp3) is 0.818. The van der Waals surface area contributed by atoms with E-state index in [-0.39, 0.29) is 40.9 Å². The summed E-state index contributed by atoms with van der Waals surface area (Å²) in [4.78, 5) is 18.9. The molecule has 0 aromatic rings. The van der Waals surface area contributed by atoms with Gasteiger partial charge >= 0.3 is 0 Å². The number of guanidine groups is 1. The van der Waals surface area contributed by atoms with Crippen LogP contribution in [0.2, 0.25) is 0 Å². The third-order valence-corrected chi connectivity index (χ3v) is 13.7. The number of aliphatic imine (C=N–C) groups is 1. The molecule has 7 N–H and O–H groups in total. The molecule has 0 amide bonds. The number of carboxylic acids is 1. The molecule has 2 bridgehead atoms. The van der Waals surface area contributed by atoms with Crippen LogP contribution in [0.15, 0.2) is 28.3 Å². The summed E-state index contributed by atoms with van der Waals surface area (Å²) < 4.78 is 6.72. The maximum Gasteiger partial charge on any atom is 0.293 e. The van der Waals surface area contributed by atoms with Crippen LogP contribution in [0.25, 0.3) is 0 Å². The van der Waals surface area contributed by atoms with Gasteiger partial charge < -0.3 is 41.0 Å². The van der Waals surface area contributed by atoms with Crippen LogP contribution in [0.4, 0.5) is 0 Å². The number of nitrogens with two attached hydrogens (primary N) is 1. The zero-order chi connectivity index (χ0) is 30.4. The van der Waals surface area contributed by atoms with Gasteiger partial charge in [-0.15, -0.1) is 0 Å². The van der Waals surface area contributed by atoms with E-state index >= 15 is 0 Å². The molecule has 2 heterocycles. The van der Waals surface area contributed by atoms with Gasteiger partial charge in [0, 0.05) is 54.3 Å². The summed E-state index contributed by atoms with van der Waals surface area (Å²) >= 11 is 0. The lowest BCUT2D eigenvalue weighted by Gasteiger charge is -2.69. The lowest BCUT2D eigenvalue weighted by Crippen LogP contribution is -3.19. The molecule has 10 nitrogen and oxygen atoms in total. The number of fused-ring (bicyclic) bond motifs is 1. The lowest BCUT2D eigenvalue weighted by atomic mass is 9.36. The molecule has 2 aliphatic heterocycles. The number of ether oxygens (including phenoxy) is 1. The zero-order valence-electron chi connectivity index (χ0n) is 25.7. The van der Waals surface area contributed by atoms with E-state index in [0.29, 0.717) is 44.2 Å².